The molecule has 9 rings (SSSR count). The summed E-state index contributed by atoms with van der Waals surface area (Å²) in [6.07, 6.45) is 0. The maximum atomic E-state index is 4.99. The van der Waals surface area contributed by atoms with Crippen LogP contribution in [0.4, 0.5) is 0 Å². The summed E-state index contributed by atoms with van der Waals surface area (Å²) in [6, 6.07) is 63.8. The van der Waals surface area contributed by atoms with Crippen LogP contribution in [0.1, 0.15) is 0 Å². The van der Waals surface area contributed by atoms with Crippen molar-refractivity contribution in [3.8, 4) is 67.5 Å². The van der Waals surface area contributed by atoms with Crippen molar-refractivity contribution in [1.29, 1.82) is 0 Å². The molecule has 51 heavy (non-hydrogen) atoms. The lowest BCUT2D eigenvalue weighted by Gasteiger charge is -2.12. The van der Waals surface area contributed by atoms with E-state index in [9.17, 15) is 0 Å². The molecule has 0 aliphatic carbocycles. The van der Waals surface area contributed by atoms with E-state index in [1.54, 1.807) is 0 Å². The molecule has 0 atom stereocenters. The number of hydrogen-bond donors (Lipinski definition) is 0. The molecule has 0 fully saturated rings. The molecule has 8 aromatic carbocycles. The first-order chi connectivity index (χ1) is 25.2. The Morgan fingerprint density at radius 3 is 1.24 bits per heavy atom. The van der Waals surface area contributed by atoms with Crippen LogP contribution in [-0.4, -0.2) is 15.0 Å². The van der Waals surface area contributed by atoms with Crippen molar-refractivity contribution >= 4 is 37.5 Å². The number of aromatic nitrogens is 3. The van der Waals surface area contributed by atoms with E-state index in [0.717, 1.165) is 37.9 Å². The Morgan fingerprint density at radius 2 is 0.686 bits per heavy atom. The van der Waals surface area contributed by atoms with Crippen molar-refractivity contribution in [2.75, 3.05) is 0 Å². The average Bonchev–Trinajstić information content (AvgIpc) is 3.20. The van der Waals surface area contributed by atoms with Gasteiger partial charge in [0.25, 0.3) is 0 Å². The Hall–Kier alpha value is -6.23. The van der Waals surface area contributed by atoms with Gasteiger partial charge in [0.2, 0.25) is 0 Å². The Kier molecular flexibility index (Phi) is 8.00. The lowest BCUT2D eigenvalue weighted by atomic mass is 9.92. The fraction of sp³-hybridized carbons (Fsp3) is 0. The highest BCUT2D eigenvalue weighted by Gasteiger charge is 2.14. The molecule has 3 nitrogen and oxygen atoms in total. The molecular weight excluding hydrogens is 686 g/mol. The van der Waals surface area contributed by atoms with Gasteiger partial charge < -0.3 is 0 Å². The minimum absolute atomic E-state index is 0.641. The molecule has 0 spiro atoms. The summed E-state index contributed by atoms with van der Waals surface area (Å²) >= 11 is 3.63. The van der Waals surface area contributed by atoms with Crippen molar-refractivity contribution in [3.63, 3.8) is 0 Å². The number of halogens is 1. The van der Waals surface area contributed by atoms with E-state index < -0.39 is 0 Å². The summed E-state index contributed by atoms with van der Waals surface area (Å²) in [5, 5.41) is 4.90. The molecule has 0 aliphatic rings. The Bertz CT molecular complexity index is 2670. The van der Waals surface area contributed by atoms with Gasteiger partial charge in [-0.05, 0) is 73.1 Å². The molecule has 1 heterocycles. The van der Waals surface area contributed by atoms with Gasteiger partial charge >= 0.3 is 0 Å². The molecule has 240 valence electrons. The first-order valence-electron chi connectivity index (χ1n) is 17.0. The maximum absolute atomic E-state index is 4.99. The normalized spacial score (nSPS) is 11.2. The Morgan fingerprint density at radius 1 is 0.294 bits per heavy atom. The van der Waals surface area contributed by atoms with E-state index in [2.05, 4.69) is 162 Å². The van der Waals surface area contributed by atoms with Crippen LogP contribution in [0.5, 0.6) is 0 Å². The maximum Gasteiger partial charge on any atom is 0.164 e. The van der Waals surface area contributed by atoms with Crippen LogP contribution in [0.2, 0.25) is 0 Å². The molecule has 4 heteroatoms. The third-order valence-electron chi connectivity index (χ3n) is 9.41. The summed E-state index contributed by atoms with van der Waals surface area (Å²) < 4.78 is 1.09. The van der Waals surface area contributed by atoms with E-state index >= 15 is 0 Å². The molecule has 0 N–H and O–H groups in total. The van der Waals surface area contributed by atoms with Gasteiger partial charge in [0, 0.05) is 21.2 Å². The highest BCUT2D eigenvalue weighted by molar-refractivity contribution is 9.10. The predicted octanol–water partition coefficient (Wildman–Crippen LogP) is 12.9. The summed E-state index contributed by atoms with van der Waals surface area (Å²) in [5.41, 5.74) is 9.92. The van der Waals surface area contributed by atoms with Gasteiger partial charge in [-0.3, -0.25) is 0 Å². The van der Waals surface area contributed by atoms with Crippen LogP contribution in [0.3, 0.4) is 0 Å². The van der Waals surface area contributed by atoms with Crippen molar-refractivity contribution in [1.82, 2.24) is 15.0 Å². The molecule has 0 saturated heterocycles. The van der Waals surface area contributed by atoms with Crippen LogP contribution in [0.15, 0.2) is 186 Å². The molecule has 0 unspecified atom stereocenters. The molecule has 0 aliphatic heterocycles. The van der Waals surface area contributed by atoms with Crippen LogP contribution in [0, 0.1) is 0 Å². The van der Waals surface area contributed by atoms with E-state index in [1.807, 2.05) is 36.4 Å². The van der Waals surface area contributed by atoms with Gasteiger partial charge in [-0.2, -0.15) is 0 Å². The Labute approximate surface area is 305 Å². The van der Waals surface area contributed by atoms with Gasteiger partial charge in [-0.15, -0.1) is 0 Å². The van der Waals surface area contributed by atoms with Crippen LogP contribution in [-0.2, 0) is 0 Å². The van der Waals surface area contributed by atoms with E-state index in [0.29, 0.717) is 17.5 Å². The third-order valence-corrected chi connectivity index (χ3v) is 9.90. The highest BCUT2D eigenvalue weighted by Crippen LogP contribution is 2.37. The fourth-order valence-electron chi connectivity index (χ4n) is 6.79. The van der Waals surface area contributed by atoms with Gasteiger partial charge in [-0.25, -0.2) is 15.0 Å². The minimum Gasteiger partial charge on any atom is -0.208 e. The fourth-order valence-corrected chi connectivity index (χ4v) is 7.17. The predicted molar refractivity (Wildman–Crippen MR) is 215 cm³/mol. The summed E-state index contributed by atoms with van der Waals surface area (Å²) in [6.45, 7) is 0. The number of nitrogens with zero attached hydrogens (tertiary/aromatic N) is 3. The lowest BCUT2D eigenvalue weighted by molar-refractivity contribution is 1.07. The molecule has 0 bridgehead atoms. The minimum atomic E-state index is 0.641. The monoisotopic (exact) mass is 715 g/mol. The SMILES string of the molecule is Brc1ccc2c(-c3cccc4cc(-c5ccc(-c6nc(-c7ccccc7)nc(-c7ccc(-c8ccccc8)cc7)n6)cc5)ccc34)cccc2c1. The summed E-state index contributed by atoms with van der Waals surface area (Å²) in [4.78, 5) is 14.9. The largest absolute Gasteiger partial charge is 0.208 e. The lowest BCUT2D eigenvalue weighted by Crippen LogP contribution is -2.00. The highest BCUT2D eigenvalue weighted by atomic mass is 79.9. The number of hydrogen-bond acceptors (Lipinski definition) is 3. The van der Waals surface area contributed by atoms with Crippen molar-refractivity contribution in [2.45, 2.75) is 0 Å². The first-order valence-corrected chi connectivity index (χ1v) is 17.8. The van der Waals surface area contributed by atoms with Gasteiger partial charge in [-0.1, -0.05) is 180 Å². The van der Waals surface area contributed by atoms with Crippen molar-refractivity contribution in [3.05, 3.63) is 186 Å². The van der Waals surface area contributed by atoms with Gasteiger partial charge in [0.1, 0.15) is 0 Å². The molecule has 1 aromatic heterocycles. The molecule has 0 saturated carbocycles. The molecule has 0 radical (unpaired) electrons. The van der Waals surface area contributed by atoms with E-state index in [-0.39, 0.29) is 0 Å². The smallest absolute Gasteiger partial charge is 0.164 e. The van der Waals surface area contributed by atoms with Gasteiger partial charge in [0.15, 0.2) is 17.5 Å². The van der Waals surface area contributed by atoms with Crippen LogP contribution < -0.4 is 0 Å². The average molecular weight is 717 g/mol. The zero-order valence-electron chi connectivity index (χ0n) is 27.5. The number of benzene rings is 8. The summed E-state index contributed by atoms with van der Waals surface area (Å²) in [7, 11) is 0. The van der Waals surface area contributed by atoms with Crippen molar-refractivity contribution in [2.24, 2.45) is 0 Å². The zero-order chi connectivity index (χ0) is 34.1. The van der Waals surface area contributed by atoms with E-state index in [1.165, 1.54) is 38.2 Å². The molecule has 9 aromatic rings. The van der Waals surface area contributed by atoms with Crippen LogP contribution >= 0.6 is 15.9 Å². The number of fused-ring (bicyclic) bond motifs is 2. The van der Waals surface area contributed by atoms with Crippen molar-refractivity contribution < 1.29 is 0 Å². The first kappa shape index (κ1) is 30.8. The zero-order valence-corrected chi connectivity index (χ0v) is 29.1. The second kappa shape index (κ2) is 13.2. The summed E-state index contributed by atoms with van der Waals surface area (Å²) in [5.74, 6) is 1.94. The topological polar surface area (TPSA) is 38.7 Å². The third kappa shape index (κ3) is 6.11. The van der Waals surface area contributed by atoms with Crippen LogP contribution in [0.25, 0.3) is 89.1 Å². The second-order valence-corrected chi connectivity index (χ2v) is 13.5. The second-order valence-electron chi connectivity index (χ2n) is 12.6. The van der Waals surface area contributed by atoms with E-state index in [4.69, 9.17) is 15.0 Å². The standard InChI is InChI=1S/C47H30BrN3/c48-40-26-28-42-39(30-40)14-8-16-44(42)43-15-7-13-38-29-37(25-27-41(38)43)33-19-23-36(24-20-33)47-50-45(34-11-5-2-6-12-34)49-46(51-47)35-21-17-32(18-22-35)31-9-3-1-4-10-31/h1-30H. The molecule has 0 amide bonds. The Balaban J connectivity index is 1.06. The number of rotatable bonds is 6. The van der Waals surface area contributed by atoms with Gasteiger partial charge in [0.05, 0.1) is 0 Å². The molecular formula is C47H30BrN3. The quantitative estimate of drug-likeness (QED) is 0.172.